The summed E-state index contributed by atoms with van der Waals surface area (Å²) in [5.41, 5.74) is -0.0801. The molecule has 10 heteroatoms. The molecule has 2 saturated heterocycles. The van der Waals surface area contributed by atoms with Crippen LogP contribution in [0.15, 0.2) is 30.3 Å². The molecular weight excluding hydrogens is 377 g/mol. The van der Waals surface area contributed by atoms with E-state index in [4.69, 9.17) is 9.47 Å². The van der Waals surface area contributed by atoms with Gasteiger partial charge in [-0.1, -0.05) is 12.1 Å². The monoisotopic (exact) mass is 396 g/mol. The third-order valence-corrected chi connectivity index (χ3v) is 4.73. The minimum Gasteiger partial charge on any atom is -0.376 e. The molecule has 3 heterocycles. The molecule has 0 radical (unpaired) electrons. The summed E-state index contributed by atoms with van der Waals surface area (Å²) in [6, 6.07) is 6.17. The van der Waals surface area contributed by atoms with Crippen LogP contribution in [0.25, 0.3) is 11.3 Å². The Hall–Kier alpha value is -2.59. The van der Waals surface area contributed by atoms with Gasteiger partial charge in [0.2, 0.25) is 0 Å². The van der Waals surface area contributed by atoms with Gasteiger partial charge in [-0.05, 0) is 12.1 Å². The molecular formula is C18H19F3N4O3. The number of alkyl halides is 3. The minimum absolute atomic E-state index is 0.148. The van der Waals surface area contributed by atoms with Gasteiger partial charge in [0.15, 0.2) is 0 Å². The van der Waals surface area contributed by atoms with Gasteiger partial charge in [-0.25, -0.2) is 4.79 Å². The maximum Gasteiger partial charge on any atom is 0.416 e. The molecule has 4 rings (SSSR count). The third-order valence-electron chi connectivity index (χ3n) is 4.73. The third kappa shape index (κ3) is 3.83. The quantitative estimate of drug-likeness (QED) is 0.848. The van der Waals surface area contributed by atoms with Crippen LogP contribution in [0.2, 0.25) is 0 Å². The van der Waals surface area contributed by atoms with Crippen molar-refractivity contribution < 1.29 is 27.4 Å². The van der Waals surface area contributed by atoms with Crippen LogP contribution in [-0.2, 0) is 22.7 Å². The number of aromatic nitrogens is 2. The predicted octanol–water partition coefficient (Wildman–Crippen LogP) is 2.74. The molecule has 2 bridgehead atoms. The van der Waals surface area contributed by atoms with Crippen LogP contribution in [0.4, 0.5) is 23.8 Å². The Kier molecular flexibility index (Phi) is 4.76. The Labute approximate surface area is 159 Å². The number of urea groups is 1. The van der Waals surface area contributed by atoms with Crippen molar-refractivity contribution in [1.29, 1.82) is 0 Å². The number of hydrogen-bond acceptors (Lipinski definition) is 4. The van der Waals surface area contributed by atoms with Crippen LogP contribution >= 0.6 is 0 Å². The lowest BCUT2D eigenvalue weighted by Crippen LogP contribution is -2.56. The van der Waals surface area contributed by atoms with Gasteiger partial charge in [-0.3, -0.25) is 10.00 Å². The first kappa shape index (κ1) is 18.8. The molecule has 2 atom stereocenters. The number of ether oxygens (including phenoxy) is 2. The second-order valence-corrected chi connectivity index (χ2v) is 6.87. The standard InChI is InChI=1S/C18H19F3N4O3/c1-24-16(22-17(26)25-7-13-9-27-10-14(8-25)28-13)6-15(23-24)11-3-2-4-12(5-11)18(19,20)21/h2-6,13-14H,7-10H2,1H3,(H,22,26). The lowest BCUT2D eigenvalue weighted by molar-refractivity contribution is -0.170. The number of carbonyl (C=O) groups excluding carboxylic acids is 1. The molecule has 1 aromatic carbocycles. The van der Waals surface area contributed by atoms with E-state index in [0.29, 0.717) is 43.4 Å². The average Bonchev–Trinajstić information content (AvgIpc) is 3.01. The van der Waals surface area contributed by atoms with Gasteiger partial charge in [0.25, 0.3) is 0 Å². The summed E-state index contributed by atoms with van der Waals surface area (Å²) < 4.78 is 51.4. The molecule has 150 valence electrons. The fraction of sp³-hybridized carbons (Fsp3) is 0.444. The van der Waals surface area contributed by atoms with E-state index < -0.39 is 11.7 Å². The SMILES string of the molecule is Cn1nc(-c2cccc(C(F)(F)F)c2)cc1NC(=O)N1CC2COCC(C1)O2. The van der Waals surface area contributed by atoms with Crippen LogP contribution in [0.1, 0.15) is 5.56 Å². The first-order valence-corrected chi connectivity index (χ1v) is 8.80. The van der Waals surface area contributed by atoms with Crippen LogP contribution in [0.3, 0.4) is 0 Å². The summed E-state index contributed by atoms with van der Waals surface area (Å²) in [7, 11) is 1.62. The summed E-state index contributed by atoms with van der Waals surface area (Å²) in [4.78, 5) is 14.3. The number of carbonyl (C=O) groups is 1. The van der Waals surface area contributed by atoms with Crippen molar-refractivity contribution in [2.24, 2.45) is 7.05 Å². The number of hydrogen-bond donors (Lipinski definition) is 1. The molecule has 2 unspecified atom stereocenters. The molecule has 2 aliphatic rings. The Balaban J connectivity index is 1.50. The van der Waals surface area contributed by atoms with Gasteiger partial charge < -0.3 is 14.4 Å². The summed E-state index contributed by atoms with van der Waals surface area (Å²) in [5.74, 6) is 0.394. The lowest BCUT2D eigenvalue weighted by Gasteiger charge is -2.41. The van der Waals surface area contributed by atoms with Crippen molar-refractivity contribution in [1.82, 2.24) is 14.7 Å². The molecule has 2 fully saturated rings. The normalized spacial score (nSPS) is 22.2. The Morgan fingerprint density at radius 1 is 1.21 bits per heavy atom. The highest BCUT2D eigenvalue weighted by molar-refractivity contribution is 5.89. The maximum atomic E-state index is 12.9. The molecule has 0 saturated carbocycles. The molecule has 2 aliphatic heterocycles. The van der Waals surface area contributed by atoms with Crippen LogP contribution in [0, 0.1) is 0 Å². The van der Waals surface area contributed by atoms with Gasteiger partial charge in [-0.2, -0.15) is 18.3 Å². The average molecular weight is 396 g/mol. The van der Waals surface area contributed by atoms with E-state index in [1.807, 2.05) is 0 Å². The van der Waals surface area contributed by atoms with Gasteiger partial charge in [0, 0.05) is 18.7 Å². The largest absolute Gasteiger partial charge is 0.416 e. The number of nitrogens with one attached hydrogen (secondary N) is 1. The van der Waals surface area contributed by atoms with E-state index in [-0.39, 0.29) is 18.2 Å². The number of morpholine rings is 1. The van der Waals surface area contributed by atoms with E-state index in [1.54, 1.807) is 24.1 Å². The van der Waals surface area contributed by atoms with Gasteiger partial charge in [0.05, 0.1) is 49.8 Å². The summed E-state index contributed by atoms with van der Waals surface area (Å²) in [6.45, 7) is 1.73. The van der Waals surface area contributed by atoms with E-state index in [0.717, 1.165) is 12.1 Å². The first-order valence-electron chi connectivity index (χ1n) is 8.80. The van der Waals surface area contributed by atoms with E-state index in [1.165, 1.54) is 10.7 Å². The summed E-state index contributed by atoms with van der Waals surface area (Å²) in [6.07, 6.45) is -4.73. The van der Waals surface area contributed by atoms with Gasteiger partial charge in [0.1, 0.15) is 5.82 Å². The molecule has 1 aromatic heterocycles. The Bertz CT molecular complexity index is 871. The number of benzene rings is 1. The van der Waals surface area contributed by atoms with E-state index >= 15 is 0 Å². The number of fused-ring (bicyclic) bond motifs is 2. The zero-order valence-corrected chi connectivity index (χ0v) is 15.1. The smallest absolute Gasteiger partial charge is 0.376 e. The van der Waals surface area contributed by atoms with E-state index in [2.05, 4.69) is 10.4 Å². The highest BCUT2D eigenvalue weighted by atomic mass is 19.4. The number of rotatable bonds is 2. The van der Waals surface area contributed by atoms with Gasteiger partial charge >= 0.3 is 12.2 Å². The zero-order chi connectivity index (χ0) is 19.9. The predicted molar refractivity (Wildman–Crippen MR) is 93.7 cm³/mol. The molecule has 2 aromatic rings. The molecule has 0 spiro atoms. The Morgan fingerprint density at radius 3 is 2.61 bits per heavy atom. The van der Waals surface area contributed by atoms with E-state index in [9.17, 15) is 18.0 Å². The topological polar surface area (TPSA) is 68.6 Å². The number of nitrogens with zero attached hydrogens (tertiary/aromatic N) is 3. The molecule has 1 N–H and O–H groups in total. The highest BCUT2D eigenvalue weighted by Crippen LogP contribution is 2.32. The lowest BCUT2D eigenvalue weighted by atomic mass is 10.1. The van der Waals surface area contributed by atoms with Gasteiger partial charge in [-0.15, -0.1) is 0 Å². The van der Waals surface area contributed by atoms with Crippen molar-refractivity contribution >= 4 is 11.8 Å². The van der Waals surface area contributed by atoms with Crippen molar-refractivity contribution in [2.75, 3.05) is 31.6 Å². The van der Waals surface area contributed by atoms with Crippen LogP contribution in [-0.4, -0.2) is 59.2 Å². The van der Waals surface area contributed by atoms with Crippen LogP contribution < -0.4 is 5.32 Å². The number of halogens is 3. The highest BCUT2D eigenvalue weighted by Gasteiger charge is 2.34. The fourth-order valence-electron chi connectivity index (χ4n) is 3.37. The Morgan fingerprint density at radius 2 is 1.93 bits per heavy atom. The summed E-state index contributed by atoms with van der Waals surface area (Å²) in [5, 5.41) is 7.00. The zero-order valence-electron chi connectivity index (χ0n) is 15.1. The number of aryl methyl sites for hydroxylation is 1. The number of anilines is 1. The molecule has 0 aliphatic carbocycles. The van der Waals surface area contributed by atoms with Crippen molar-refractivity contribution in [2.45, 2.75) is 18.4 Å². The van der Waals surface area contributed by atoms with Crippen molar-refractivity contribution in [3.63, 3.8) is 0 Å². The van der Waals surface area contributed by atoms with Crippen molar-refractivity contribution in [3.05, 3.63) is 35.9 Å². The minimum atomic E-state index is -4.43. The number of amides is 2. The molecule has 7 nitrogen and oxygen atoms in total. The van der Waals surface area contributed by atoms with Crippen LogP contribution in [0.5, 0.6) is 0 Å². The molecule has 28 heavy (non-hydrogen) atoms. The second-order valence-electron chi connectivity index (χ2n) is 6.87. The maximum absolute atomic E-state index is 12.9. The summed E-state index contributed by atoms with van der Waals surface area (Å²) >= 11 is 0. The molecule has 2 amide bonds. The second kappa shape index (κ2) is 7.10. The van der Waals surface area contributed by atoms with Crippen molar-refractivity contribution in [3.8, 4) is 11.3 Å². The fourth-order valence-corrected chi connectivity index (χ4v) is 3.37. The first-order chi connectivity index (χ1) is 13.3.